The van der Waals surface area contributed by atoms with Gasteiger partial charge in [-0.3, -0.25) is 14.4 Å². The number of likely N-dealkylation sites (tertiary alicyclic amines) is 1. The normalized spacial score (nSPS) is 20.0. The maximum Gasteiger partial charge on any atom is 0.417 e. The molecular weight excluding hydrogens is 521 g/mol. The maximum absolute atomic E-state index is 14.3. The number of hydrogen-bond acceptors (Lipinski definition) is 5. The molecule has 2 N–H and O–H groups in total. The van der Waals surface area contributed by atoms with E-state index in [-0.39, 0.29) is 49.9 Å². The van der Waals surface area contributed by atoms with Gasteiger partial charge in [0.15, 0.2) is 5.60 Å². The summed E-state index contributed by atoms with van der Waals surface area (Å²) in [6.45, 7) is 5.32. The zero-order valence-corrected chi connectivity index (χ0v) is 22.1. The average molecular weight is 555 g/mol. The lowest BCUT2D eigenvalue weighted by atomic mass is 9.97. The second-order valence-corrected chi connectivity index (χ2v) is 10.5. The van der Waals surface area contributed by atoms with Crippen LogP contribution in [0, 0.1) is 0 Å². The fraction of sp³-hybridized carbons (Fsp3) is 0.615. The molecule has 214 valence electrons. The van der Waals surface area contributed by atoms with Crippen LogP contribution in [0.5, 0.6) is 5.75 Å². The summed E-state index contributed by atoms with van der Waals surface area (Å²) in [5.41, 5.74) is -3.04. The largest absolute Gasteiger partial charge is 0.475 e. The van der Waals surface area contributed by atoms with Gasteiger partial charge in [-0.15, -0.1) is 0 Å². The number of rotatable bonds is 7. The number of piperidine rings is 1. The molecule has 0 radical (unpaired) electrons. The number of amides is 4. The molecule has 1 saturated heterocycles. The highest BCUT2D eigenvalue weighted by molar-refractivity contribution is 6.06. The molecule has 2 aliphatic heterocycles. The van der Waals surface area contributed by atoms with E-state index in [2.05, 4.69) is 5.32 Å². The number of nitrogens with zero attached hydrogens (tertiary/aromatic N) is 3. The van der Waals surface area contributed by atoms with E-state index in [1.54, 1.807) is 20.8 Å². The van der Waals surface area contributed by atoms with Crippen molar-refractivity contribution in [2.45, 2.75) is 76.7 Å². The summed E-state index contributed by atoms with van der Waals surface area (Å²) in [7, 11) is 0. The van der Waals surface area contributed by atoms with E-state index < -0.39 is 52.9 Å². The molecule has 2 heterocycles. The Hall–Kier alpha value is -3.51. The van der Waals surface area contributed by atoms with Crippen molar-refractivity contribution in [2.75, 3.05) is 31.1 Å². The first-order valence-electron chi connectivity index (χ1n) is 13.1. The number of hydrogen-bond donors (Lipinski definition) is 2. The van der Waals surface area contributed by atoms with Crippen LogP contribution in [-0.2, 0) is 15.8 Å². The number of carbonyl (C=O) groups excluding carboxylic acids is 3. The summed E-state index contributed by atoms with van der Waals surface area (Å²) in [4.78, 5) is 54.1. The van der Waals surface area contributed by atoms with Crippen molar-refractivity contribution in [2.24, 2.45) is 0 Å². The van der Waals surface area contributed by atoms with Crippen LogP contribution in [0.25, 0.3) is 0 Å². The van der Waals surface area contributed by atoms with Gasteiger partial charge in [-0.05, 0) is 38.8 Å². The van der Waals surface area contributed by atoms with Gasteiger partial charge >= 0.3 is 12.3 Å². The molecule has 0 aromatic heterocycles. The Bertz CT molecular complexity index is 1170. The third-order valence-corrected chi connectivity index (χ3v) is 7.40. The molecule has 10 nitrogen and oxygen atoms in total. The molecular formula is C26H33F3N4O6. The summed E-state index contributed by atoms with van der Waals surface area (Å²) in [6, 6.07) is 0.673. The van der Waals surface area contributed by atoms with Crippen molar-refractivity contribution >= 4 is 29.5 Å². The predicted molar refractivity (Wildman–Crippen MR) is 134 cm³/mol. The van der Waals surface area contributed by atoms with Gasteiger partial charge in [0.1, 0.15) is 5.75 Å². The number of ether oxygens (including phenoxy) is 1. The quantitative estimate of drug-likeness (QED) is 0.533. The summed E-state index contributed by atoms with van der Waals surface area (Å²) in [5, 5.41) is 12.1. The van der Waals surface area contributed by atoms with E-state index >= 15 is 0 Å². The molecule has 4 rings (SSSR count). The third-order valence-electron chi connectivity index (χ3n) is 7.40. The monoisotopic (exact) mass is 554 g/mol. The van der Waals surface area contributed by atoms with Crippen LogP contribution < -0.4 is 15.0 Å². The van der Waals surface area contributed by atoms with Crippen LogP contribution >= 0.6 is 0 Å². The highest BCUT2D eigenvalue weighted by Crippen LogP contribution is 2.51. The van der Waals surface area contributed by atoms with Gasteiger partial charge in [0.2, 0.25) is 5.91 Å². The molecule has 1 saturated carbocycles. The highest BCUT2D eigenvalue weighted by Gasteiger charge is 2.58. The van der Waals surface area contributed by atoms with Crippen molar-refractivity contribution in [1.82, 2.24) is 15.1 Å². The molecule has 1 atom stereocenters. The first kappa shape index (κ1) is 28.5. The van der Waals surface area contributed by atoms with Gasteiger partial charge in [0, 0.05) is 51.5 Å². The lowest BCUT2D eigenvalue weighted by Crippen LogP contribution is -2.54. The van der Waals surface area contributed by atoms with Gasteiger partial charge < -0.3 is 29.9 Å². The van der Waals surface area contributed by atoms with Crippen molar-refractivity contribution in [1.29, 1.82) is 0 Å². The molecule has 1 aromatic carbocycles. The van der Waals surface area contributed by atoms with E-state index in [0.717, 1.165) is 17.0 Å². The molecule has 1 spiro atoms. The number of fused-ring (bicyclic) bond motifs is 1. The number of nitrogens with one attached hydrogen (secondary N) is 1. The first-order chi connectivity index (χ1) is 18.3. The van der Waals surface area contributed by atoms with Crippen LogP contribution in [-0.4, -0.2) is 82.6 Å². The van der Waals surface area contributed by atoms with Crippen LogP contribution in [0.4, 0.5) is 23.7 Å². The lowest BCUT2D eigenvalue weighted by molar-refractivity contribution is -0.138. The maximum atomic E-state index is 14.3. The molecule has 1 aliphatic carbocycles. The van der Waals surface area contributed by atoms with Crippen molar-refractivity contribution < 1.29 is 42.2 Å². The second kappa shape index (κ2) is 10.6. The Morgan fingerprint density at radius 3 is 2.51 bits per heavy atom. The van der Waals surface area contributed by atoms with Crippen LogP contribution in [0.15, 0.2) is 12.1 Å². The minimum absolute atomic E-state index is 0.00816. The second-order valence-electron chi connectivity index (χ2n) is 10.5. The summed E-state index contributed by atoms with van der Waals surface area (Å²) in [6.07, 6.45) is -4.21. The Kier molecular flexibility index (Phi) is 7.72. The molecule has 4 amide bonds. The third kappa shape index (κ3) is 5.62. The number of anilines is 1. The molecule has 1 aromatic rings. The van der Waals surface area contributed by atoms with Gasteiger partial charge in [-0.1, -0.05) is 6.92 Å². The lowest BCUT2D eigenvalue weighted by Gasteiger charge is -2.41. The minimum Gasteiger partial charge on any atom is -0.475 e. The SMILES string of the molecule is CCC(=O)NCCN1C(=O)C2(CC2)Oc2cc(C(F)(F)F)c(C(=O)N(C(C)C)[C@@H]3CCCN(C(=O)O)C3)cc21. The average Bonchev–Trinajstić information content (AvgIpc) is 3.65. The van der Waals surface area contributed by atoms with Crippen molar-refractivity contribution in [3.63, 3.8) is 0 Å². The van der Waals surface area contributed by atoms with Gasteiger partial charge in [0.05, 0.1) is 22.9 Å². The first-order valence-corrected chi connectivity index (χ1v) is 13.1. The topological polar surface area (TPSA) is 119 Å². The highest BCUT2D eigenvalue weighted by atomic mass is 19.4. The Morgan fingerprint density at radius 2 is 1.95 bits per heavy atom. The van der Waals surface area contributed by atoms with Crippen LogP contribution in [0.2, 0.25) is 0 Å². The van der Waals surface area contributed by atoms with E-state index in [4.69, 9.17) is 4.74 Å². The van der Waals surface area contributed by atoms with Gasteiger partial charge in [0.25, 0.3) is 11.8 Å². The van der Waals surface area contributed by atoms with Crippen LogP contribution in [0.3, 0.4) is 0 Å². The molecule has 0 unspecified atom stereocenters. The van der Waals surface area contributed by atoms with Gasteiger partial charge in [-0.25, -0.2) is 4.79 Å². The zero-order valence-electron chi connectivity index (χ0n) is 22.1. The number of carboxylic acid groups (broad SMARTS) is 1. The standard InChI is InChI=1S/C26H33F3N4O6/c1-4-21(34)30-9-11-32-19-12-17(18(26(27,28)29)13-20(19)39-25(7-8-25)23(32)36)22(35)33(15(2)3)16-6-5-10-31(14-16)24(37)38/h12-13,15-16H,4-11,14H2,1-3H3,(H,30,34)(H,37,38)/t16-/m1/s1. The van der Waals surface area contributed by atoms with Crippen molar-refractivity contribution in [3.05, 3.63) is 23.3 Å². The zero-order chi connectivity index (χ0) is 28.7. The minimum atomic E-state index is -4.90. The number of alkyl halides is 3. The van der Waals surface area contributed by atoms with E-state index in [0.29, 0.717) is 25.7 Å². The predicted octanol–water partition coefficient (Wildman–Crippen LogP) is 3.48. The smallest absolute Gasteiger partial charge is 0.417 e. The Labute approximate surface area is 224 Å². The van der Waals surface area contributed by atoms with E-state index in [1.165, 1.54) is 9.80 Å². The summed E-state index contributed by atoms with van der Waals surface area (Å²) < 4.78 is 48.8. The fourth-order valence-electron chi connectivity index (χ4n) is 5.28. The Balaban J connectivity index is 1.76. The Morgan fingerprint density at radius 1 is 1.26 bits per heavy atom. The number of halogens is 3. The molecule has 39 heavy (non-hydrogen) atoms. The molecule has 0 bridgehead atoms. The summed E-state index contributed by atoms with van der Waals surface area (Å²) in [5.74, 6) is -1.72. The number of benzene rings is 1. The molecule has 3 aliphatic rings. The van der Waals surface area contributed by atoms with Crippen LogP contribution in [0.1, 0.15) is 68.8 Å². The summed E-state index contributed by atoms with van der Waals surface area (Å²) >= 11 is 0. The fourth-order valence-corrected chi connectivity index (χ4v) is 5.28. The molecule has 13 heteroatoms. The van der Waals surface area contributed by atoms with E-state index in [9.17, 15) is 37.5 Å². The van der Waals surface area contributed by atoms with Gasteiger partial charge in [-0.2, -0.15) is 13.2 Å². The number of carbonyl (C=O) groups is 4. The van der Waals surface area contributed by atoms with Crippen molar-refractivity contribution in [3.8, 4) is 5.75 Å². The molecule has 2 fully saturated rings. The van der Waals surface area contributed by atoms with E-state index in [1.807, 2.05) is 0 Å².